The Labute approximate surface area is 143 Å². The van der Waals surface area contributed by atoms with Crippen LogP contribution in [0.2, 0.25) is 0 Å². The molecule has 0 saturated heterocycles. The van der Waals surface area contributed by atoms with Crippen LogP contribution in [0.3, 0.4) is 0 Å². The van der Waals surface area contributed by atoms with Gasteiger partial charge in [0.2, 0.25) is 5.91 Å². The summed E-state index contributed by atoms with van der Waals surface area (Å²) in [4.78, 5) is 52.4. The molecule has 0 atom stereocenters. The first-order chi connectivity index (χ1) is 11.8. The molecule has 2 amide bonds. The van der Waals surface area contributed by atoms with Crippen LogP contribution >= 0.6 is 0 Å². The Morgan fingerprint density at radius 2 is 1.60 bits per heavy atom. The second kappa shape index (κ2) is 6.97. The number of ether oxygens (including phenoxy) is 2. The molecule has 1 aliphatic rings. The zero-order valence-corrected chi connectivity index (χ0v) is 13.8. The molecule has 2 rings (SSSR count). The Bertz CT molecular complexity index is 828. The van der Waals surface area contributed by atoms with Crippen molar-refractivity contribution >= 4 is 29.4 Å². The SMILES string of the molecule is [C-]#[N+]C1=C(C)CC(=O)N(c2cc(C(=O)OC)cc(C(=O)OC)c2)C1=O. The van der Waals surface area contributed by atoms with Gasteiger partial charge in [-0.3, -0.25) is 14.5 Å². The molecule has 25 heavy (non-hydrogen) atoms. The monoisotopic (exact) mass is 342 g/mol. The van der Waals surface area contributed by atoms with Crippen LogP contribution in [-0.4, -0.2) is 38.0 Å². The second-order valence-corrected chi connectivity index (χ2v) is 5.20. The first-order valence-corrected chi connectivity index (χ1v) is 7.10. The highest BCUT2D eigenvalue weighted by Crippen LogP contribution is 2.28. The van der Waals surface area contributed by atoms with Gasteiger partial charge in [-0.2, -0.15) is 0 Å². The van der Waals surface area contributed by atoms with E-state index in [-0.39, 0.29) is 28.9 Å². The molecule has 8 heteroatoms. The molecule has 1 heterocycles. The molecule has 0 bridgehead atoms. The largest absolute Gasteiger partial charge is 0.465 e. The molecule has 0 fully saturated rings. The average Bonchev–Trinajstić information content (AvgIpc) is 2.59. The van der Waals surface area contributed by atoms with Crippen molar-refractivity contribution in [2.75, 3.05) is 19.1 Å². The number of carbonyl (C=O) groups is 4. The molecular weight excluding hydrogens is 328 g/mol. The van der Waals surface area contributed by atoms with Crippen molar-refractivity contribution in [1.82, 2.24) is 0 Å². The minimum Gasteiger partial charge on any atom is -0.465 e. The number of esters is 2. The summed E-state index contributed by atoms with van der Waals surface area (Å²) in [6.45, 7) is 8.65. The number of amides is 2. The molecule has 0 saturated carbocycles. The quantitative estimate of drug-likeness (QED) is 0.471. The molecule has 0 unspecified atom stereocenters. The lowest BCUT2D eigenvalue weighted by Crippen LogP contribution is -2.41. The van der Waals surface area contributed by atoms with Crippen LogP contribution in [0.4, 0.5) is 5.69 Å². The van der Waals surface area contributed by atoms with Gasteiger partial charge in [0.05, 0.1) is 37.6 Å². The fourth-order valence-electron chi connectivity index (χ4n) is 2.41. The zero-order chi connectivity index (χ0) is 18.7. The summed E-state index contributed by atoms with van der Waals surface area (Å²) in [5.74, 6) is -2.86. The van der Waals surface area contributed by atoms with Crippen molar-refractivity contribution in [3.05, 3.63) is 52.0 Å². The normalized spacial score (nSPS) is 14.2. The van der Waals surface area contributed by atoms with Gasteiger partial charge in [0.25, 0.3) is 11.6 Å². The van der Waals surface area contributed by atoms with Crippen LogP contribution in [0.1, 0.15) is 34.1 Å². The third-order valence-corrected chi connectivity index (χ3v) is 3.61. The molecule has 0 spiro atoms. The van der Waals surface area contributed by atoms with Crippen LogP contribution < -0.4 is 4.90 Å². The van der Waals surface area contributed by atoms with Crippen molar-refractivity contribution in [3.8, 4) is 0 Å². The number of imide groups is 1. The van der Waals surface area contributed by atoms with E-state index in [0.29, 0.717) is 5.57 Å². The lowest BCUT2D eigenvalue weighted by atomic mass is 10.0. The molecule has 128 valence electrons. The number of anilines is 1. The molecule has 0 aliphatic carbocycles. The number of methoxy groups -OCH3 is 2. The molecule has 1 aliphatic heterocycles. The van der Waals surface area contributed by atoms with Crippen molar-refractivity contribution in [1.29, 1.82) is 0 Å². The van der Waals surface area contributed by atoms with Gasteiger partial charge in [-0.15, -0.1) is 0 Å². The predicted molar refractivity (Wildman–Crippen MR) is 85.5 cm³/mol. The first kappa shape index (κ1) is 17.9. The van der Waals surface area contributed by atoms with Crippen LogP contribution in [0.25, 0.3) is 4.85 Å². The Hall–Kier alpha value is -3.47. The highest BCUT2D eigenvalue weighted by molar-refractivity contribution is 6.24. The van der Waals surface area contributed by atoms with E-state index in [1.165, 1.54) is 25.1 Å². The van der Waals surface area contributed by atoms with Crippen molar-refractivity contribution < 1.29 is 28.7 Å². The molecule has 0 N–H and O–H groups in total. The summed E-state index contributed by atoms with van der Waals surface area (Å²) >= 11 is 0. The second-order valence-electron chi connectivity index (χ2n) is 5.20. The maximum Gasteiger partial charge on any atom is 0.337 e. The van der Waals surface area contributed by atoms with E-state index in [1.807, 2.05) is 0 Å². The Kier molecular flexibility index (Phi) is 4.98. The van der Waals surface area contributed by atoms with Gasteiger partial charge in [0.1, 0.15) is 0 Å². The third-order valence-electron chi connectivity index (χ3n) is 3.61. The summed E-state index contributed by atoms with van der Waals surface area (Å²) in [7, 11) is 2.32. The highest BCUT2D eigenvalue weighted by atomic mass is 16.5. The number of rotatable bonds is 3. The fourth-order valence-corrected chi connectivity index (χ4v) is 2.41. The van der Waals surface area contributed by atoms with Crippen LogP contribution in [-0.2, 0) is 19.1 Å². The summed E-state index contributed by atoms with van der Waals surface area (Å²) in [6, 6.07) is 3.73. The fraction of sp³-hybridized carbons (Fsp3) is 0.235. The number of carbonyl (C=O) groups excluding carboxylic acids is 4. The van der Waals surface area contributed by atoms with Gasteiger partial charge in [-0.25, -0.2) is 14.4 Å². The van der Waals surface area contributed by atoms with Crippen molar-refractivity contribution in [3.63, 3.8) is 0 Å². The van der Waals surface area contributed by atoms with Gasteiger partial charge in [-0.05, 0) is 18.2 Å². The van der Waals surface area contributed by atoms with Crippen LogP contribution in [0.5, 0.6) is 0 Å². The van der Waals surface area contributed by atoms with E-state index in [4.69, 9.17) is 6.57 Å². The van der Waals surface area contributed by atoms with Gasteiger partial charge in [0.15, 0.2) is 0 Å². The maximum absolute atomic E-state index is 12.5. The molecule has 1 aromatic rings. The molecule has 0 radical (unpaired) electrons. The molecule has 8 nitrogen and oxygen atoms in total. The smallest absolute Gasteiger partial charge is 0.337 e. The van der Waals surface area contributed by atoms with E-state index in [2.05, 4.69) is 14.3 Å². The third kappa shape index (κ3) is 3.26. The predicted octanol–water partition coefficient (Wildman–Crippen LogP) is 1.72. The number of hydrogen-bond donors (Lipinski definition) is 0. The number of benzene rings is 1. The highest BCUT2D eigenvalue weighted by Gasteiger charge is 2.34. The van der Waals surface area contributed by atoms with E-state index >= 15 is 0 Å². The zero-order valence-electron chi connectivity index (χ0n) is 13.8. The minimum absolute atomic E-state index is 0.00745. The van der Waals surface area contributed by atoms with Crippen LogP contribution in [0, 0.1) is 6.57 Å². The number of nitrogens with zero attached hydrogens (tertiary/aromatic N) is 2. The van der Waals surface area contributed by atoms with Gasteiger partial charge in [-0.1, -0.05) is 12.5 Å². The van der Waals surface area contributed by atoms with E-state index in [0.717, 1.165) is 19.1 Å². The number of hydrogen-bond acceptors (Lipinski definition) is 6. The summed E-state index contributed by atoms with van der Waals surface area (Å²) in [5.41, 5.74) is 0.140. The lowest BCUT2D eigenvalue weighted by molar-refractivity contribution is -0.125. The van der Waals surface area contributed by atoms with Gasteiger partial charge >= 0.3 is 11.9 Å². The molecular formula is C17H14N2O6. The van der Waals surface area contributed by atoms with Crippen molar-refractivity contribution in [2.45, 2.75) is 13.3 Å². The molecule has 0 aromatic heterocycles. The Balaban J connectivity index is 2.63. The van der Waals surface area contributed by atoms with Gasteiger partial charge < -0.3 is 9.47 Å². The topological polar surface area (TPSA) is 94.3 Å². The Morgan fingerprint density at radius 3 is 2.04 bits per heavy atom. The van der Waals surface area contributed by atoms with E-state index in [1.54, 1.807) is 0 Å². The summed E-state index contributed by atoms with van der Waals surface area (Å²) < 4.78 is 9.25. The first-order valence-electron chi connectivity index (χ1n) is 7.10. The standard InChI is InChI=1S/C17H14N2O6/c1-9-5-13(20)19(15(21)14(9)18-2)12-7-10(16(22)24-3)6-11(8-12)17(23)25-4/h6-8H,5H2,1,3-4H3. The summed E-state index contributed by atoms with van der Waals surface area (Å²) in [6.07, 6.45) is -0.112. The Morgan fingerprint density at radius 1 is 1.08 bits per heavy atom. The summed E-state index contributed by atoms with van der Waals surface area (Å²) in [5, 5.41) is 0. The lowest BCUT2D eigenvalue weighted by Gasteiger charge is -2.26. The molecule has 1 aromatic carbocycles. The van der Waals surface area contributed by atoms with Crippen LogP contribution in [0.15, 0.2) is 29.5 Å². The van der Waals surface area contributed by atoms with Crippen molar-refractivity contribution in [2.24, 2.45) is 0 Å². The van der Waals surface area contributed by atoms with E-state index < -0.39 is 23.8 Å². The van der Waals surface area contributed by atoms with Gasteiger partial charge in [0, 0.05) is 6.42 Å². The van der Waals surface area contributed by atoms with E-state index in [9.17, 15) is 19.2 Å². The minimum atomic E-state index is -0.804. The average molecular weight is 342 g/mol. The maximum atomic E-state index is 12.5.